The highest BCUT2D eigenvalue weighted by atomic mass is 28.3. The molecule has 1 aliphatic heterocycles. The molecule has 0 radical (unpaired) electrons. The van der Waals surface area contributed by atoms with E-state index < -0.39 is 49.4 Å². The normalized spacial score (nSPS) is 18.9. The van der Waals surface area contributed by atoms with Crippen molar-refractivity contribution in [2.24, 2.45) is 11.3 Å². The van der Waals surface area contributed by atoms with E-state index in [4.69, 9.17) is 14.2 Å². The second kappa shape index (κ2) is 11.6. The summed E-state index contributed by atoms with van der Waals surface area (Å²) in [6.07, 6.45) is -1.89. The first kappa shape index (κ1) is 27.9. The Hall–Kier alpha value is -2.18. The minimum Gasteiger partial charge on any atom is -0.465 e. The Kier molecular flexibility index (Phi) is 10.1. The molecule has 2 atom stereocenters. The third kappa shape index (κ3) is 6.66. The van der Waals surface area contributed by atoms with E-state index in [9.17, 15) is 19.2 Å². The summed E-state index contributed by atoms with van der Waals surface area (Å²) in [4.78, 5) is 52.7. The van der Waals surface area contributed by atoms with Gasteiger partial charge in [-0.05, 0) is 27.7 Å². The minimum atomic E-state index is -1.89. The van der Waals surface area contributed by atoms with Gasteiger partial charge in [-0.1, -0.05) is 19.6 Å². The van der Waals surface area contributed by atoms with Crippen LogP contribution in [0.5, 0.6) is 0 Å². The summed E-state index contributed by atoms with van der Waals surface area (Å²) in [7, 11) is -1.48. The molecule has 32 heavy (non-hydrogen) atoms. The van der Waals surface area contributed by atoms with Crippen LogP contribution in [-0.2, 0) is 33.4 Å². The van der Waals surface area contributed by atoms with E-state index in [0.717, 1.165) is 4.90 Å². The molecular formula is C23H37NO7Si. The van der Waals surface area contributed by atoms with Crippen molar-refractivity contribution in [3.05, 3.63) is 0 Å². The fraction of sp³-hybridized carbons (Fsp3) is 0.739. The molecule has 0 unspecified atom stereocenters. The maximum atomic E-state index is 13.3. The van der Waals surface area contributed by atoms with Crippen LogP contribution in [0.25, 0.3) is 0 Å². The van der Waals surface area contributed by atoms with Gasteiger partial charge in [0.15, 0.2) is 5.41 Å². The number of rotatable bonds is 9. The fourth-order valence-corrected chi connectivity index (χ4v) is 4.28. The van der Waals surface area contributed by atoms with Crippen molar-refractivity contribution < 1.29 is 33.4 Å². The highest BCUT2D eigenvalue weighted by molar-refractivity contribution is 6.76. The van der Waals surface area contributed by atoms with Crippen molar-refractivity contribution in [1.29, 1.82) is 0 Å². The number of carbonyl (C=O) groups is 4. The molecule has 0 aromatic heterocycles. The molecule has 0 aliphatic carbocycles. The Balaban J connectivity index is 3.65. The van der Waals surface area contributed by atoms with Crippen LogP contribution in [0.1, 0.15) is 47.5 Å². The van der Waals surface area contributed by atoms with Crippen molar-refractivity contribution in [3.63, 3.8) is 0 Å². The van der Waals surface area contributed by atoms with E-state index in [1.54, 1.807) is 27.7 Å². The smallest absolute Gasteiger partial charge is 0.324 e. The summed E-state index contributed by atoms with van der Waals surface area (Å²) in [6, 6.07) is 0.684. The van der Waals surface area contributed by atoms with Gasteiger partial charge in [0.05, 0.1) is 27.4 Å². The Bertz CT molecular complexity index is 757. The van der Waals surface area contributed by atoms with Crippen LogP contribution in [0, 0.1) is 23.2 Å². The maximum Gasteiger partial charge on any atom is 0.324 e. The Morgan fingerprint density at radius 3 is 2.03 bits per heavy atom. The van der Waals surface area contributed by atoms with Crippen molar-refractivity contribution in [3.8, 4) is 11.8 Å². The van der Waals surface area contributed by atoms with E-state index >= 15 is 0 Å². The van der Waals surface area contributed by atoms with Crippen LogP contribution in [0.4, 0.5) is 0 Å². The molecule has 0 saturated carbocycles. The third-order valence-corrected chi connectivity index (χ3v) is 6.27. The molecule has 0 bridgehead atoms. The molecule has 8 nitrogen and oxygen atoms in total. The number of hydrogen-bond donors (Lipinski definition) is 0. The summed E-state index contributed by atoms with van der Waals surface area (Å²) >= 11 is 0. The number of hydrogen-bond acceptors (Lipinski definition) is 7. The van der Waals surface area contributed by atoms with Crippen LogP contribution in [0.2, 0.25) is 25.7 Å². The first-order valence-corrected chi connectivity index (χ1v) is 14.8. The van der Waals surface area contributed by atoms with Gasteiger partial charge in [0, 0.05) is 31.7 Å². The monoisotopic (exact) mass is 467 g/mol. The number of ether oxygens (including phenoxy) is 3. The molecule has 180 valence electrons. The molecule has 1 saturated heterocycles. The van der Waals surface area contributed by atoms with Crippen molar-refractivity contribution in [1.82, 2.24) is 4.90 Å². The summed E-state index contributed by atoms with van der Waals surface area (Å²) in [6.45, 7) is 14.6. The van der Waals surface area contributed by atoms with Crippen LogP contribution in [-0.4, -0.2) is 62.3 Å². The number of imide groups is 1. The number of carbonyl (C=O) groups excluding carboxylic acids is 4. The van der Waals surface area contributed by atoms with Crippen LogP contribution in [0.3, 0.4) is 0 Å². The van der Waals surface area contributed by atoms with E-state index in [1.807, 2.05) is 0 Å². The van der Waals surface area contributed by atoms with Crippen molar-refractivity contribution in [2.45, 2.75) is 85.5 Å². The predicted octanol–water partition coefficient (Wildman–Crippen LogP) is 2.98. The van der Waals surface area contributed by atoms with Gasteiger partial charge in [0.25, 0.3) is 0 Å². The van der Waals surface area contributed by atoms with Gasteiger partial charge < -0.3 is 14.2 Å². The molecule has 1 heterocycles. The first-order valence-electron chi connectivity index (χ1n) is 11.1. The third-order valence-electron chi connectivity index (χ3n) is 5.04. The first-order chi connectivity index (χ1) is 14.8. The average molecular weight is 468 g/mol. The van der Waals surface area contributed by atoms with Gasteiger partial charge >= 0.3 is 11.9 Å². The zero-order valence-electron chi connectivity index (χ0n) is 20.6. The SMILES string of the molecule is CCOC(=O)C(CC#CC[Si](C)(C)C)(C(=O)OCC)[C@H]1CC(=O)N(C(C)=O)[C@@H]1OC(C)C. The summed E-state index contributed by atoms with van der Waals surface area (Å²) in [5, 5.41) is 0. The second-order valence-electron chi connectivity index (χ2n) is 9.35. The zero-order chi connectivity index (χ0) is 24.7. The number of nitrogens with zero attached hydrogens (tertiary/aromatic N) is 1. The molecule has 1 aliphatic rings. The summed E-state index contributed by atoms with van der Waals surface area (Å²) in [5.41, 5.74) is -1.89. The van der Waals surface area contributed by atoms with E-state index in [2.05, 4.69) is 31.5 Å². The lowest BCUT2D eigenvalue weighted by Crippen LogP contribution is -2.53. The summed E-state index contributed by atoms with van der Waals surface area (Å²) in [5.74, 6) is 2.42. The highest BCUT2D eigenvalue weighted by Crippen LogP contribution is 2.45. The van der Waals surface area contributed by atoms with Crippen LogP contribution < -0.4 is 0 Å². The Morgan fingerprint density at radius 1 is 1.09 bits per heavy atom. The van der Waals surface area contributed by atoms with Gasteiger partial charge in [-0.3, -0.25) is 24.1 Å². The van der Waals surface area contributed by atoms with E-state index in [-0.39, 0.29) is 32.2 Å². The molecular weight excluding hydrogens is 430 g/mol. The van der Waals surface area contributed by atoms with Gasteiger partial charge in [0.2, 0.25) is 11.8 Å². The zero-order valence-corrected chi connectivity index (χ0v) is 21.6. The topological polar surface area (TPSA) is 99.2 Å². The quantitative estimate of drug-likeness (QED) is 0.222. The molecule has 1 fully saturated rings. The minimum absolute atomic E-state index is 0.0368. The second-order valence-corrected chi connectivity index (χ2v) is 14.8. The van der Waals surface area contributed by atoms with Crippen molar-refractivity contribution >= 4 is 31.8 Å². The number of likely N-dealkylation sites (tertiary alicyclic amines) is 1. The van der Waals surface area contributed by atoms with Crippen LogP contribution in [0.15, 0.2) is 0 Å². The lowest BCUT2D eigenvalue weighted by Gasteiger charge is -2.37. The standard InChI is InChI=1S/C23H37NO7Si/c1-9-29-21(27)23(22(28)30-10-2,13-11-12-14-32(6,7)8)18-15-19(26)24(17(5)25)20(18)31-16(3)4/h16,18,20H,9-10,13-15H2,1-8H3/t18-,20+/m0/s1. The van der Waals surface area contributed by atoms with Gasteiger partial charge in [-0.15, -0.1) is 11.8 Å². The molecule has 2 amide bonds. The number of esters is 2. The molecule has 0 aromatic carbocycles. The molecule has 0 N–H and O–H groups in total. The molecule has 9 heteroatoms. The van der Waals surface area contributed by atoms with Gasteiger partial charge in [0.1, 0.15) is 6.23 Å². The lowest BCUT2D eigenvalue weighted by atomic mass is 9.71. The molecule has 1 rings (SSSR count). The summed E-state index contributed by atoms with van der Waals surface area (Å²) < 4.78 is 16.5. The number of amides is 2. The maximum absolute atomic E-state index is 13.3. The van der Waals surface area contributed by atoms with Gasteiger partial charge in [-0.2, -0.15) is 0 Å². The predicted molar refractivity (Wildman–Crippen MR) is 122 cm³/mol. The van der Waals surface area contributed by atoms with E-state index in [1.165, 1.54) is 6.92 Å². The average Bonchev–Trinajstić information content (AvgIpc) is 2.97. The fourth-order valence-electron chi connectivity index (χ4n) is 3.63. The lowest BCUT2D eigenvalue weighted by molar-refractivity contribution is -0.188. The molecule has 0 aromatic rings. The highest BCUT2D eigenvalue weighted by Gasteiger charge is 2.62. The van der Waals surface area contributed by atoms with E-state index in [0.29, 0.717) is 6.04 Å². The Morgan fingerprint density at radius 2 is 1.62 bits per heavy atom. The Labute approximate surface area is 192 Å². The largest absolute Gasteiger partial charge is 0.465 e. The van der Waals surface area contributed by atoms with Gasteiger partial charge in [-0.25, -0.2) is 0 Å². The molecule has 0 spiro atoms. The van der Waals surface area contributed by atoms with Crippen molar-refractivity contribution in [2.75, 3.05) is 13.2 Å². The van der Waals surface area contributed by atoms with Crippen LogP contribution >= 0.6 is 0 Å².